The number of hydrazine groups is 1. The number of aromatic amines is 1. The maximum atomic E-state index is 12.7. The summed E-state index contributed by atoms with van der Waals surface area (Å²) in [6, 6.07) is 7.35. The lowest BCUT2D eigenvalue weighted by atomic mass is 10.1. The molecular weight excluding hydrogens is 211 g/mol. The molecule has 82 valence electrons. The van der Waals surface area contributed by atoms with Crippen LogP contribution in [0.15, 0.2) is 30.3 Å². The Morgan fingerprint density at radius 1 is 1.38 bits per heavy atom. The fourth-order valence-electron chi connectivity index (χ4n) is 1.28. The number of hydrogen-bond donors (Lipinski definition) is 3. The molecule has 16 heavy (non-hydrogen) atoms. The second-order valence-electron chi connectivity index (χ2n) is 3.15. The standard InChI is InChI=1S/C10H9FN4O/c11-7-3-1-6(2-4-7)8-5-9(15-14-8)10(16)13-12/h1-5H,12H2,(H,13,16)(H,14,15). The van der Waals surface area contributed by atoms with Gasteiger partial charge in [0.2, 0.25) is 0 Å². The van der Waals surface area contributed by atoms with Crippen molar-refractivity contribution in [2.24, 2.45) is 5.84 Å². The van der Waals surface area contributed by atoms with Crippen molar-refractivity contribution >= 4 is 5.91 Å². The van der Waals surface area contributed by atoms with E-state index in [2.05, 4.69) is 10.2 Å². The van der Waals surface area contributed by atoms with E-state index in [0.717, 1.165) is 0 Å². The van der Waals surface area contributed by atoms with E-state index < -0.39 is 5.91 Å². The molecular formula is C10H9FN4O. The molecule has 0 bridgehead atoms. The maximum Gasteiger partial charge on any atom is 0.283 e. The highest BCUT2D eigenvalue weighted by molar-refractivity contribution is 5.92. The van der Waals surface area contributed by atoms with Crippen LogP contribution >= 0.6 is 0 Å². The summed E-state index contributed by atoms with van der Waals surface area (Å²) in [6.07, 6.45) is 0. The number of nitrogens with two attached hydrogens (primary N) is 1. The molecule has 1 amide bonds. The first-order chi connectivity index (χ1) is 7.70. The zero-order valence-corrected chi connectivity index (χ0v) is 8.20. The van der Waals surface area contributed by atoms with Gasteiger partial charge in [-0.25, -0.2) is 10.2 Å². The number of nitrogen functional groups attached to an aromatic ring is 1. The molecule has 0 unspecified atom stereocenters. The summed E-state index contributed by atoms with van der Waals surface area (Å²) in [5.41, 5.74) is 3.51. The van der Waals surface area contributed by atoms with Gasteiger partial charge in [-0.05, 0) is 30.3 Å². The quantitative estimate of drug-likeness (QED) is 0.398. The van der Waals surface area contributed by atoms with Gasteiger partial charge in [0, 0.05) is 5.56 Å². The van der Waals surface area contributed by atoms with E-state index in [1.165, 1.54) is 18.2 Å². The van der Waals surface area contributed by atoms with Gasteiger partial charge in [0.1, 0.15) is 11.5 Å². The Balaban J connectivity index is 2.31. The second-order valence-corrected chi connectivity index (χ2v) is 3.15. The van der Waals surface area contributed by atoms with Crippen molar-refractivity contribution in [2.75, 3.05) is 0 Å². The van der Waals surface area contributed by atoms with Gasteiger partial charge in [-0.3, -0.25) is 15.3 Å². The zero-order valence-electron chi connectivity index (χ0n) is 8.20. The van der Waals surface area contributed by atoms with Crippen molar-refractivity contribution in [3.63, 3.8) is 0 Å². The molecule has 0 saturated heterocycles. The van der Waals surface area contributed by atoms with Gasteiger partial charge in [0.25, 0.3) is 5.91 Å². The number of benzene rings is 1. The first-order valence-electron chi connectivity index (χ1n) is 4.53. The van der Waals surface area contributed by atoms with Gasteiger partial charge in [0.15, 0.2) is 0 Å². The number of nitrogens with one attached hydrogen (secondary N) is 2. The molecule has 1 aromatic heterocycles. The molecule has 0 aliphatic heterocycles. The Morgan fingerprint density at radius 2 is 2.06 bits per heavy atom. The lowest BCUT2D eigenvalue weighted by molar-refractivity contribution is 0.0948. The molecule has 0 radical (unpaired) electrons. The largest absolute Gasteiger partial charge is 0.289 e. The van der Waals surface area contributed by atoms with Gasteiger partial charge >= 0.3 is 0 Å². The molecule has 5 nitrogen and oxygen atoms in total. The van der Waals surface area contributed by atoms with E-state index in [0.29, 0.717) is 11.3 Å². The topological polar surface area (TPSA) is 83.8 Å². The molecule has 6 heteroatoms. The summed E-state index contributed by atoms with van der Waals surface area (Å²) in [5, 5.41) is 6.46. The Labute approximate surface area is 90.4 Å². The average molecular weight is 220 g/mol. The van der Waals surface area contributed by atoms with Crippen LogP contribution in [0, 0.1) is 5.82 Å². The minimum Gasteiger partial charge on any atom is -0.289 e. The third-order valence-electron chi connectivity index (χ3n) is 2.09. The molecule has 1 heterocycles. The SMILES string of the molecule is NNC(=O)c1cc(-c2ccc(F)cc2)n[nH]1. The van der Waals surface area contributed by atoms with Gasteiger partial charge < -0.3 is 0 Å². The van der Waals surface area contributed by atoms with Crippen molar-refractivity contribution in [1.29, 1.82) is 0 Å². The lowest BCUT2D eigenvalue weighted by Crippen LogP contribution is -2.30. The van der Waals surface area contributed by atoms with Crippen LogP contribution < -0.4 is 11.3 Å². The molecule has 2 rings (SSSR count). The molecule has 4 N–H and O–H groups in total. The Kier molecular flexibility index (Phi) is 2.65. The van der Waals surface area contributed by atoms with Crippen LogP contribution in [0.2, 0.25) is 0 Å². The lowest BCUT2D eigenvalue weighted by Gasteiger charge is -1.94. The van der Waals surface area contributed by atoms with E-state index in [-0.39, 0.29) is 11.5 Å². The van der Waals surface area contributed by atoms with Crippen molar-refractivity contribution in [3.8, 4) is 11.3 Å². The first-order valence-corrected chi connectivity index (χ1v) is 4.53. The monoisotopic (exact) mass is 220 g/mol. The van der Waals surface area contributed by atoms with E-state index in [4.69, 9.17) is 5.84 Å². The van der Waals surface area contributed by atoms with Gasteiger partial charge in [-0.2, -0.15) is 5.10 Å². The third-order valence-corrected chi connectivity index (χ3v) is 2.09. The van der Waals surface area contributed by atoms with Crippen LogP contribution in [-0.4, -0.2) is 16.1 Å². The summed E-state index contributed by atoms with van der Waals surface area (Å²) in [7, 11) is 0. The molecule has 0 spiro atoms. The second kappa shape index (κ2) is 4.11. The Hall–Kier alpha value is -2.21. The molecule has 0 saturated carbocycles. The van der Waals surface area contributed by atoms with Gasteiger partial charge in [0.05, 0.1) is 5.69 Å². The van der Waals surface area contributed by atoms with Crippen molar-refractivity contribution in [2.45, 2.75) is 0 Å². The third kappa shape index (κ3) is 1.91. The number of carbonyl (C=O) groups excluding carboxylic acids is 1. The Bertz CT molecular complexity index is 506. The number of nitrogens with zero attached hydrogens (tertiary/aromatic N) is 1. The van der Waals surface area contributed by atoms with Gasteiger partial charge in [-0.15, -0.1) is 0 Å². The highest BCUT2D eigenvalue weighted by atomic mass is 19.1. The van der Waals surface area contributed by atoms with Crippen LogP contribution in [0.25, 0.3) is 11.3 Å². The number of carbonyl (C=O) groups is 1. The van der Waals surface area contributed by atoms with E-state index in [1.54, 1.807) is 12.1 Å². The summed E-state index contributed by atoms with van der Waals surface area (Å²) >= 11 is 0. The van der Waals surface area contributed by atoms with E-state index in [1.807, 2.05) is 5.43 Å². The molecule has 0 aliphatic carbocycles. The summed E-state index contributed by atoms with van der Waals surface area (Å²) < 4.78 is 12.7. The van der Waals surface area contributed by atoms with Crippen LogP contribution in [0.3, 0.4) is 0 Å². The minimum atomic E-state index is -0.458. The number of halogens is 1. The van der Waals surface area contributed by atoms with Crippen LogP contribution in [0.5, 0.6) is 0 Å². The smallest absolute Gasteiger partial charge is 0.283 e. The fourth-order valence-corrected chi connectivity index (χ4v) is 1.28. The van der Waals surface area contributed by atoms with E-state index in [9.17, 15) is 9.18 Å². The van der Waals surface area contributed by atoms with Crippen molar-refractivity contribution in [1.82, 2.24) is 15.6 Å². The summed E-state index contributed by atoms with van der Waals surface area (Å²) in [5.74, 6) is 4.20. The maximum absolute atomic E-state index is 12.7. The fraction of sp³-hybridized carbons (Fsp3) is 0. The predicted octanol–water partition coefficient (Wildman–Crippen LogP) is 0.819. The molecule has 2 aromatic rings. The summed E-state index contributed by atoms with van der Waals surface area (Å²) in [6.45, 7) is 0. The number of hydrogen-bond acceptors (Lipinski definition) is 3. The zero-order chi connectivity index (χ0) is 11.5. The van der Waals surface area contributed by atoms with Crippen LogP contribution in [0.4, 0.5) is 4.39 Å². The highest BCUT2D eigenvalue weighted by Gasteiger charge is 2.09. The minimum absolute atomic E-state index is 0.252. The molecule has 0 atom stereocenters. The van der Waals surface area contributed by atoms with Gasteiger partial charge in [-0.1, -0.05) is 0 Å². The van der Waals surface area contributed by atoms with Crippen molar-refractivity contribution < 1.29 is 9.18 Å². The summed E-state index contributed by atoms with van der Waals surface area (Å²) in [4.78, 5) is 11.1. The van der Waals surface area contributed by atoms with Crippen LogP contribution in [-0.2, 0) is 0 Å². The van der Waals surface area contributed by atoms with Crippen molar-refractivity contribution in [3.05, 3.63) is 41.8 Å². The average Bonchev–Trinajstić information content (AvgIpc) is 2.78. The molecule has 0 fully saturated rings. The highest BCUT2D eigenvalue weighted by Crippen LogP contribution is 2.17. The molecule has 1 aromatic carbocycles. The number of aromatic nitrogens is 2. The number of H-pyrrole nitrogens is 1. The van der Waals surface area contributed by atoms with Crippen LogP contribution in [0.1, 0.15) is 10.5 Å². The Morgan fingerprint density at radius 3 is 2.69 bits per heavy atom. The number of amides is 1. The predicted molar refractivity (Wildman–Crippen MR) is 55.6 cm³/mol. The number of rotatable bonds is 2. The first kappa shape index (κ1) is 10.3. The normalized spacial score (nSPS) is 10.1. The van der Waals surface area contributed by atoms with E-state index >= 15 is 0 Å². The molecule has 0 aliphatic rings.